The molecule has 0 bridgehead atoms. The molecule has 0 saturated carbocycles. The molecule has 0 aromatic heterocycles. The van der Waals surface area contributed by atoms with Crippen LogP contribution in [0.5, 0.6) is 0 Å². The van der Waals surface area contributed by atoms with Crippen LogP contribution in [0.3, 0.4) is 0 Å². The van der Waals surface area contributed by atoms with E-state index in [0.717, 1.165) is 15.1 Å². The molecule has 0 aliphatic rings. The van der Waals surface area contributed by atoms with E-state index in [1.54, 1.807) is 0 Å². The van der Waals surface area contributed by atoms with Gasteiger partial charge in [-0.1, -0.05) is 0 Å². The van der Waals surface area contributed by atoms with Gasteiger partial charge in [0, 0.05) is 0 Å². The third-order valence-electron chi connectivity index (χ3n) is 1.04. The first-order chi connectivity index (χ1) is 4.43. The van der Waals surface area contributed by atoms with E-state index in [2.05, 4.69) is 10.6 Å². The van der Waals surface area contributed by atoms with Gasteiger partial charge in [0.15, 0.2) is 0 Å². The second-order valence-corrected chi connectivity index (χ2v) is 2.24. The third kappa shape index (κ3) is 2.00. The molecule has 0 fully saturated rings. The molecule has 0 heterocycles. The van der Waals surface area contributed by atoms with Crippen molar-refractivity contribution < 1.29 is 0 Å². The quantitative estimate of drug-likeness (QED) is 0.472. The first-order valence-electron chi connectivity index (χ1n) is 2.91. The fourth-order valence-corrected chi connectivity index (χ4v) is 0.954. The minimum atomic E-state index is 0.963. The zero-order valence-electron chi connectivity index (χ0n) is 5.39. The van der Waals surface area contributed by atoms with Crippen molar-refractivity contribution in [2.24, 2.45) is 0 Å². The Kier molecular flexibility index (Phi) is 2.49. The Balaban J connectivity index is 2.61. The molecule has 50 valence electrons. The van der Waals surface area contributed by atoms with Crippen molar-refractivity contribution >= 4 is 15.1 Å². The van der Waals surface area contributed by atoms with Crippen LogP contribution in [-0.4, -0.2) is 0 Å². The van der Waals surface area contributed by atoms with Crippen LogP contribution in [0.4, 0.5) is 5.69 Å². The Morgan fingerprint density at radius 1 is 1.11 bits per heavy atom. The van der Waals surface area contributed by atoms with Gasteiger partial charge in [0.1, 0.15) is 0 Å². The number of hydrogen-bond acceptors (Lipinski definition) is 2. The number of hydrazine groups is 1. The van der Waals surface area contributed by atoms with Crippen molar-refractivity contribution in [1.29, 1.82) is 0 Å². The van der Waals surface area contributed by atoms with Crippen LogP contribution < -0.4 is 10.6 Å². The van der Waals surface area contributed by atoms with Crippen LogP contribution in [-0.2, 0) is 0 Å². The summed E-state index contributed by atoms with van der Waals surface area (Å²) < 4.78 is 0. The van der Waals surface area contributed by atoms with Crippen LogP contribution in [0.15, 0.2) is 30.3 Å². The first kappa shape index (κ1) is 6.53. The molecule has 0 aliphatic heterocycles. The molecule has 0 spiro atoms. The van der Waals surface area contributed by atoms with Crippen LogP contribution >= 0.6 is 9.39 Å². The summed E-state index contributed by atoms with van der Waals surface area (Å²) in [5.41, 5.74) is 4.14. The number of para-hydroxylation sites is 1. The Morgan fingerprint density at radius 2 is 1.78 bits per heavy atom. The van der Waals surface area contributed by atoms with E-state index in [1.807, 2.05) is 30.3 Å². The van der Waals surface area contributed by atoms with Gasteiger partial charge in [-0.3, -0.25) is 0 Å². The SMILES string of the molecule is [PH4]NNc1ccccc1. The van der Waals surface area contributed by atoms with E-state index < -0.39 is 0 Å². The number of benzene rings is 1. The summed E-state index contributed by atoms with van der Waals surface area (Å²) in [5, 5.41) is 2.97. The van der Waals surface area contributed by atoms with Crippen molar-refractivity contribution in [2.45, 2.75) is 0 Å². The first-order valence-corrected chi connectivity index (χ1v) is 3.91. The maximum atomic E-state index is 3.02. The molecule has 3 heteroatoms. The molecule has 1 rings (SSSR count). The van der Waals surface area contributed by atoms with Gasteiger partial charge in [0.25, 0.3) is 0 Å². The van der Waals surface area contributed by atoms with Gasteiger partial charge < -0.3 is 0 Å². The molecule has 0 unspecified atom stereocenters. The molecular weight excluding hydrogens is 131 g/mol. The number of hydrogen-bond donors (Lipinski definition) is 2. The molecule has 0 aliphatic carbocycles. The molecule has 2 N–H and O–H groups in total. The summed E-state index contributed by atoms with van der Waals surface area (Å²) in [5.74, 6) is 0. The van der Waals surface area contributed by atoms with Gasteiger partial charge in [-0.25, -0.2) is 0 Å². The number of nitrogens with one attached hydrogen (secondary N) is 2. The Bertz CT molecular complexity index is 164. The van der Waals surface area contributed by atoms with Crippen molar-refractivity contribution in [3.63, 3.8) is 0 Å². The minimum absolute atomic E-state index is 0.963. The van der Waals surface area contributed by atoms with Crippen molar-refractivity contribution in [2.75, 3.05) is 5.43 Å². The molecule has 0 amide bonds. The fourth-order valence-electron chi connectivity index (χ4n) is 0.666. The predicted molar refractivity (Wildman–Crippen MR) is 45.7 cm³/mol. The molecule has 0 radical (unpaired) electrons. The molecule has 1 aromatic rings. The summed E-state index contributed by atoms with van der Waals surface area (Å²) in [6.07, 6.45) is 0. The van der Waals surface area contributed by atoms with Gasteiger partial charge in [-0.2, -0.15) is 0 Å². The molecule has 2 nitrogen and oxygen atoms in total. The van der Waals surface area contributed by atoms with Gasteiger partial charge in [0.05, 0.1) is 0 Å². The van der Waals surface area contributed by atoms with Gasteiger partial charge in [-0.05, 0) is 0 Å². The Labute approximate surface area is 56.9 Å². The third-order valence-corrected chi connectivity index (χ3v) is 1.29. The van der Waals surface area contributed by atoms with Crippen molar-refractivity contribution in [1.82, 2.24) is 5.20 Å². The van der Waals surface area contributed by atoms with Gasteiger partial charge >= 0.3 is 56.0 Å². The normalized spacial score (nSPS) is 9.11. The van der Waals surface area contributed by atoms with Gasteiger partial charge in [0.2, 0.25) is 0 Å². The fraction of sp³-hybridized carbons (Fsp3) is 0. The molecule has 0 atom stereocenters. The second kappa shape index (κ2) is 3.44. The predicted octanol–water partition coefficient (Wildman–Crippen LogP) is 0.858. The summed E-state index contributed by atoms with van der Waals surface area (Å²) in [6.45, 7) is 0. The van der Waals surface area contributed by atoms with E-state index in [-0.39, 0.29) is 0 Å². The van der Waals surface area contributed by atoms with E-state index >= 15 is 0 Å². The van der Waals surface area contributed by atoms with Crippen molar-refractivity contribution in [3.8, 4) is 0 Å². The summed E-state index contributed by atoms with van der Waals surface area (Å²) in [4.78, 5) is 0. The second-order valence-electron chi connectivity index (χ2n) is 1.74. The van der Waals surface area contributed by atoms with Crippen LogP contribution in [0.1, 0.15) is 0 Å². The summed E-state index contributed by atoms with van der Waals surface area (Å²) in [7, 11) is 0.963. The Morgan fingerprint density at radius 3 is 2.33 bits per heavy atom. The molecule has 9 heavy (non-hydrogen) atoms. The monoisotopic (exact) mass is 142 g/mol. The summed E-state index contributed by atoms with van der Waals surface area (Å²) in [6, 6.07) is 10.0. The number of anilines is 1. The average molecular weight is 142 g/mol. The van der Waals surface area contributed by atoms with Crippen LogP contribution in [0.2, 0.25) is 0 Å². The van der Waals surface area contributed by atoms with E-state index in [4.69, 9.17) is 0 Å². The maximum absolute atomic E-state index is 3.02. The zero-order chi connectivity index (χ0) is 6.53. The van der Waals surface area contributed by atoms with E-state index in [1.165, 1.54) is 0 Å². The zero-order valence-corrected chi connectivity index (χ0v) is 7.39. The molecule has 1 aromatic carbocycles. The van der Waals surface area contributed by atoms with Crippen molar-refractivity contribution in [3.05, 3.63) is 30.3 Å². The van der Waals surface area contributed by atoms with Crippen LogP contribution in [0, 0.1) is 0 Å². The van der Waals surface area contributed by atoms with E-state index in [9.17, 15) is 0 Å². The number of rotatable bonds is 2. The van der Waals surface area contributed by atoms with Crippen LogP contribution in [0.25, 0.3) is 0 Å². The average Bonchev–Trinajstić information content (AvgIpc) is 1.91. The Hall–Kier alpha value is -0.590. The molecular formula is C6H11N2P. The molecule has 0 saturated heterocycles. The summed E-state index contributed by atoms with van der Waals surface area (Å²) >= 11 is 0. The van der Waals surface area contributed by atoms with E-state index in [0.29, 0.717) is 0 Å². The standard InChI is InChI=1S/C6H11N2P/c9-8-7-6-4-2-1-3-5-6/h1-5,7-8H,9H4. The topological polar surface area (TPSA) is 24.1 Å². The van der Waals surface area contributed by atoms with Gasteiger partial charge in [-0.15, -0.1) is 0 Å².